The molecule has 42 heavy (non-hydrogen) atoms. The van der Waals surface area contributed by atoms with Crippen LogP contribution in [0.1, 0.15) is 16.8 Å². The molecule has 0 atom stereocenters. The molecule has 0 saturated carbocycles. The van der Waals surface area contributed by atoms with Gasteiger partial charge in [-0.2, -0.15) is 5.26 Å². The fraction of sp³-hybridized carbons (Fsp3) is 0.0263. The van der Waals surface area contributed by atoms with Gasteiger partial charge in [-0.25, -0.2) is 0 Å². The molecule has 0 saturated heterocycles. The van der Waals surface area contributed by atoms with E-state index in [4.69, 9.17) is 4.42 Å². The molecule has 8 rings (SSSR count). The lowest BCUT2D eigenvalue weighted by Crippen LogP contribution is -1.96. The van der Waals surface area contributed by atoms with E-state index >= 15 is 0 Å². The van der Waals surface area contributed by atoms with E-state index in [9.17, 15) is 5.26 Å². The summed E-state index contributed by atoms with van der Waals surface area (Å²) in [6.45, 7) is 6.07. The van der Waals surface area contributed by atoms with E-state index in [-0.39, 0.29) is 0 Å². The first-order valence-electron chi connectivity index (χ1n) is 14.0. The number of furan rings is 1. The van der Waals surface area contributed by atoms with Crippen LogP contribution in [0.4, 0.5) is 0 Å². The zero-order valence-corrected chi connectivity index (χ0v) is 23.0. The molecule has 0 aliphatic carbocycles. The van der Waals surface area contributed by atoms with Crippen molar-refractivity contribution in [3.63, 3.8) is 0 Å². The number of hydrogen-bond acceptors (Lipinski definition) is 2. The highest BCUT2D eigenvalue weighted by Gasteiger charge is 2.23. The second kappa shape index (κ2) is 9.12. The number of benzene rings is 5. The normalized spacial score (nSPS) is 11.9. The monoisotopic (exact) mass is 539 g/mol. The van der Waals surface area contributed by atoms with Crippen molar-refractivity contribution in [3.05, 3.63) is 139 Å². The van der Waals surface area contributed by atoms with Crippen LogP contribution in [0.3, 0.4) is 0 Å². The van der Waals surface area contributed by atoms with Crippen molar-refractivity contribution in [2.75, 3.05) is 0 Å². The molecule has 0 radical (unpaired) electrons. The van der Waals surface area contributed by atoms with Crippen molar-refractivity contribution in [3.8, 4) is 17.4 Å². The van der Waals surface area contributed by atoms with E-state index in [1.807, 2.05) is 42.5 Å². The lowest BCUT2D eigenvalue weighted by Gasteiger charge is -2.08. The number of aromatic nitrogens is 2. The van der Waals surface area contributed by atoms with Crippen LogP contribution in [0.25, 0.3) is 72.1 Å². The molecule has 4 heteroatoms. The third kappa shape index (κ3) is 3.28. The molecule has 0 aliphatic heterocycles. The molecule has 0 amide bonds. The van der Waals surface area contributed by atoms with Crippen molar-refractivity contribution in [2.45, 2.75) is 6.92 Å². The smallest absolute Gasteiger partial charge is 0.145 e. The van der Waals surface area contributed by atoms with Gasteiger partial charge in [0, 0.05) is 38.8 Å². The minimum absolute atomic E-state index is 0.641. The van der Waals surface area contributed by atoms with Crippen LogP contribution in [0.5, 0.6) is 0 Å². The Hall–Kier alpha value is -5.79. The fourth-order valence-electron chi connectivity index (χ4n) is 6.51. The summed E-state index contributed by atoms with van der Waals surface area (Å²) >= 11 is 0. The number of hydrogen-bond donors (Lipinski definition) is 0. The molecule has 198 valence electrons. The highest BCUT2D eigenvalue weighted by molar-refractivity contribution is 6.26. The number of para-hydroxylation sites is 2. The third-order valence-corrected chi connectivity index (χ3v) is 8.32. The SMILES string of the molecule is C=C/C=C\c1c(C)n(-c2ccccc2)c2ccc3c4ccc5c(c6ccccc6n5-c5ccc(C#N)cc5)c4oc3c12. The first-order chi connectivity index (χ1) is 20.7. The van der Waals surface area contributed by atoms with Crippen molar-refractivity contribution in [1.29, 1.82) is 5.26 Å². The Balaban J connectivity index is 1.51. The predicted molar refractivity (Wildman–Crippen MR) is 174 cm³/mol. The second-order valence-corrected chi connectivity index (χ2v) is 10.6. The molecule has 5 aromatic carbocycles. The molecule has 0 unspecified atom stereocenters. The lowest BCUT2D eigenvalue weighted by atomic mass is 10.0. The Morgan fingerprint density at radius 1 is 0.667 bits per heavy atom. The molecule has 4 nitrogen and oxygen atoms in total. The molecule has 0 N–H and O–H groups in total. The highest BCUT2D eigenvalue weighted by atomic mass is 16.3. The van der Waals surface area contributed by atoms with E-state index in [1.54, 1.807) is 0 Å². The first kappa shape index (κ1) is 24.0. The summed E-state index contributed by atoms with van der Waals surface area (Å²) in [5.41, 5.74) is 10.0. The van der Waals surface area contributed by atoms with Crippen LogP contribution in [0.15, 0.2) is 126 Å². The highest BCUT2D eigenvalue weighted by Crippen LogP contribution is 2.44. The Kier molecular flexibility index (Phi) is 5.22. The van der Waals surface area contributed by atoms with E-state index in [0.29, 0.717) is 5.56 Å². The molecular formula is C38H25N3O. The standard InChI is InChI=1S/C38H25N3O/c1-3-4-12-28-24(2)40(26-10-6-5-7-11-26)33-21-19-29-30-20-22-34-36(38(30)42-37(29)35(28)33)31-13-8-9-14-32(31)41(34)27-17-15-25(23-39)16-18-27/h3-22H,1H2,2H3/b12-4-. The molecule has 0 aliphatic rings. The number of nitrogens with zero attached hydrogens (tertiary/aromatic N) is 3. The van der Waals surface area contributed by atoms with Crippen molar-refractivity contribution < 1.29 is 4.42 Å². The Morgan fingerprint density at radius 3 is 2.02 bits per heavy atom. The number of rotatable bonds is 4. The van der Waals surface area contributed by atoms with Gasteiger partial charge < -0.3 is 13.6 Å². The maximum absolute atomic E-state index is 9.34. The van der Waals surface area contributed by atoms with Crippen molar-refractivity contribution >= 4 is 60.7 Å². The van der Waals surface area contributed by atoms with Gasteiger partial charge >= 0.3 is 0 Å². The van der Waals surface area contributed by atoms with Crippen LogP contribution in [0, 0.1) is 18.3 Å². The Morgan fingerprint density at radius 2 is 1.31 bits per heavy atom. The quantitative estimate of drug-likeness (QED) is 0.209. The third-order valence-electron chi connectivity index (χ3n) is 8.32. The van der Waals surface area contributed by atoms with Crippen LogP contribution in [0.2, 0.25) is 0 Å². The zero-order chi connectivity index (χ0) is 28.4. The van der Waals surface area contributed by atoms with Crippen LogP contribution < -0.4 is 0 Å². The van der Waals surface area contributed by atoms with Gasteiger partial charge in [0.1, 0.15) is 11.2 Å². The van der Waals surface area contributed by atoms with Gasteiger partial charge in [0.05, 0.1) is 39.0 Å². The summed E-state index contributed by atoms with van der Waals surface area (Å²) in [4.78, 5) is 0. The number of fused-ring (bicyclic) bond motifs is 9. The first-order valence-corrected chi connectivity index (χ1v) is 14.0. The van der Waals surface area contributed by atoms with Gasteiger partial charge in [-0.15, -0.1) is 0 Å². The average molecular weight is 540 g/mol. The maximum atomic E-state index is 9.34. The number of allylic oxidation sites excluding steroid dienone is 2. The Labute approximate surface area is 242 Å². The minimum Gasteiger partial charge on any atom is -0.455 e. The largest absolute Gasteiger partial charge is 0.455 e. The van der Waals surface area contributed by atoms with Gasteiger partial charge in [0.2, 0.25) is 0 Å². The van der Waals surface area contributed by atoms with Crippen LogP contribution >= 0.6 is 0 Å². The molecule has 0 spiro atoms. The average Bonchev–Trinajstić information content (AvgIpc) is 3.67. The van der Waals surface area contributed by atoms with Gasteiger partial charge in [-0.1, -0.05) is 61.2 Å². The fourth-order valence-corrected chi connectivity index (χ4v) is 6.51. The Bertz CT molecular complexity index is 2430. The molecule has 8 aromatic rings. The topological polar surface area (TPSA) is 46.8 Å². The van der Waals surface area contributed by atoms with Gasteiger partial charge in [0.15, 0.2) is 0 Å². The zero-order valence-electron chi connectivity index (χ0n) is 23.0. The second-order valence-electron chi connectivity index (χ2n) is 10.6. The molecular weight excluding hydrogens is 514 g/mol. The van der Waals surface area contributed by atoms with Gasteiger partial charge in [-0.3, -0.25) is 0 Å². The lowest BCUT2D eigenvalue weighted by molar-refractivity contribution is 0.676. The van der Waals surface area contributed by atoms with E-state index in [1.165, 1.54) is 0 Å². The van der Waals surface area contributed by atoms with Crippen LogP contribution in [-0.2, 0) is 0 Å². The summed E-state index contributed by atoms with van der Waals surface area (Å²) in [7, 11) is 0. The predicted octanol–water partition coefficient (Wildman–Crippen LogP) is 10.0. The van der Waals surface area contributed by atoms with Gasteiger partial charge in [0.25, 0.3) is 0 Å². The van der Waals surface area contributed by atoms with E-state index in [0.717, 1.165) is 77.3 Å². The summed E-state index contributed by atoms with van der Waals surface area (Å²) in [6, 6.07) is 37.6. The van der Waals surface area contributed by atoms with E-state index in [2.05, 4.69) is 108 Å². The summed E-state index contributed by atoms with van der Waals surface area (Å²) in [5, 5.41) is 14.8. The molecule has 3 aromatic heterocycles. The summed E-state index contributed by atoms with van der Waals surface area (Å²) in [5.74, 6) is 0. The molecule has 0 bridgehead atoms. The summed E-state index contributed by atoms with van der Waals surface area (Å²) < 4.78 is 11.5. The molecule has 3 heterocycles. The maximum Gasteiger partial charge on any atom is 0.145 e. The number of nitriles is 1. The van der Waals surface area contributed by atoms with Gasteiger partial charge in [-0.05, 0) is 73.7 Å². The van der Waals surface area contributed by atoms with E-state index < -0.39 is 0 Å². The van der Waals surface area contributed by atoms with Crippen molar-refractivity contribution in [1.82, 2.24) is 9.13 Å². The minimum atomic E-state index is 0.641. The van der Waals surface area contributed by atoms with Crippen molar-refractivity contribution in [2.24, 2.45) is 0 Å². The summed E-state index contributed by atoms with van der Waals surface area (Å²) in [6.07, 6.45) is 5.93. The molecule has 0 fully saturated rings. The van der Waals surface area contributed by atoms with Crippen LogP contribution in [-0.4, -0.2) is 9.13 Å².